The number of rotatable bonds is 6. The van der Waals surface area contributed by atoms with Gasteiger partial charge < -0.3 is 20.9 Å². The topological polar surface area (TPSA) is 85.8 Å². The van der Waals surface area contributed by atoms with Gasteiger partial charge in [0.25, 0.3) is 5.91 Å². The van der Waals surface area contributed by atoms with Gasteiger partial charge >= 0.3 is 0 Å². The van der Waals surface area contributed by atoms with E-state index < -0.39 is 0 Å². The molecule has 1 aliphatic heterocycles. The number of benzene rings is 1. The van der Waals surface area contributed by atoms with Gasteiger partial charge in [-0.05, 0) is 18.6 Å². The first-order chi connectivity index (χ1) is 12.5. The van der Waals surface area contributed by atoms with E-state index in [2.05, 4.69) is 20.9 Å². The maximum Gasteiger partial charge on any atom is 0.252 e. The number of amides is 2. The van der Waals surface area contributed by atoms with Crippen LogP contribution in [0.3, 0.4) is 0 Å². The zero-order valence-electron chi connectivity index (χ0n) is 15.2. The van der Waals surface area contributed by atoms with E-state index in [1.165, 1.54) is 0 Å². The van der Waals surface area contributed by atoms with Crippen molar-refractivity contribution in [2.45, 2.75) is 25.8 Å². The molecule has 1 aromatic carbocycles. The van der Waals surface area contributed by atoms with Crippen LogP contribution in [0.5, 0.6) is 0 Å². The zero-order chi connectivity index (χ0) is 18.9. The normalized spacial score (nSPS) is 17.1. The molecule has 7 nitrogen and oxygen atoms in total. The highest BCUT2D eigenvalue weighted by atomic mass is 35.5. The van der Waals surface area contributed by atoms with Gasteiger partial charge in [0.1, 0.15) is 0 Å². The smallest absolute Gasteiger partial charge is 0.252 e. The molecule has 3 N–H and O–H groups in total. The Morgan fingerprint density at radius 1 is 1.27 bits per heavy atom. The van der Waals surface area contributed by atoms with E-state index in [4.69, 9.17) is 11.6 Å². The average Bonchev–Trinajstić information content (AvgIpc) is 3.12. The molecule has 1 fully saturated rings. The molecule has 2 amide bonds. The van der Waals surface area contributed by atoms with Gasteiger partial charge in [0.05, 0.1) is 10.6 Å². The minimum atomic E-state index is -0.204. The van der Waals surface area contributed by atoms with E-state index in [9.17, 15) is 9.59 Å². The molecular formula is C18H26ClN5O2. The molecule has 0 bridgehead atoms. The van der Waals surface area contributed by atoms with Crippen molar-refractivity contribution in [3.63, 3.8) is 0 Å². The first-order valence-electron chi connectivity index (χ1n) is 8.82. The van der Waals surface area contributed by atoms with Gasteiger partial charge in [-0.15, -0.1) is 0 Å². The molecule has 1 saturated heterocycles. The molecule has 0 saturated carbocycles. The van der Waals surface area contributed by atoms with E-state index >= 15 is 0 Å². The number of halogens is 1. The molecule has 1 heterocycles. The second-order valence-corrected chi connectivity index (χ2v) is 6.47. The molecule has 1 aliphatic rings. The average molecular weight is 380 g/mol. The molecule has 1 unspecified atom stereocenters. The Kier molecular flexibility index (Phi) is 7.72. The largest absolute Gasteiger partial charge is 0.355 e. The summed E-state index contributed by atoms with van der Waals surface area (Å²) >= 11 is 6.01. The summed E-state index contributed by atoms with van der Waals surface area (Å²) in [6.45, 7) is 4.31. The van der Waals surface area contributed by atoms with Gasteiger partial charge in [-0.3, -0.25) is 14.6 Å². The van der Waals surface area contributed by atoms with Gasteiger partial charge in [-0.2, -0.15) is 0 Å². The first kappa shape index (κ1) is 20.0. The minimum absolute atomic E-state index is 0.180. The van der Waals surface area contributed by atoms with Crippen molar-refractivity contribution in [3.05, 3.63) is 34.9 Å². The number of guanidine groups is 1. The van der Waals surface area contributed by atoms with Gasteiger partial charge in [-0.25, -0.2) is 0 Å². The van der Waals surface area contributed by atoms with Crippen molar-refractivity contribution in [1.29, 1.82) is 0 Å². The lowest BCUT2D eigenvalue weighted by molar-refractivity contribution is -0.129. The molecule has 26 heavy (non-hydrogen) atoms. The van der Waals surface area contributed by atoms with Crippen LogP contribution in [0.15, 0.2) is 29.3 Å². The van der Waals surface area contributed by atoms with E-state index in [1.807, 2.05) is 11.8 Å². The Labute approximate surface area is 159 Å². The zero-order valence-corrected chi connectivity index (χ0v) is 16.0. The van der Waals surface area contributed by atoms with Gasteiger partial charge in [0.15, 0.2) is 5.96 Å². The molecule has 0 aromatic heterocycles. The highest BCUT2D eigenvalue weighted by Crippen LogP contribution is 2.14. The van der Waals surface area contributed by atoms with Crippen molar-refractivity contribution in [3.8, 4) is 0 Å². The molecule has 0 radical (unpaired) electrons. The number of aliphatic imine (C=N–C) groups is 1. The van der Waals surface area contributed by atoms with Crippen LogP contribution in [0, 0.1) is 0 Å². The Balaban J connectivity index is 1.70. The fourth-order valence-corrected chi connectivity index (χ4v) is 3.04. The van der Waals surface area contributed by atoms with E-state index in [-0.39, 0.29) is 17.9 Å². The Hall–Kier alpha value is -2.28. The molecule has 1 atom stereocenters. The molecular weight excluding hydrogens is 354 g/mol. The van der Waals surface area contributed by atoms with Gasteiger partial charge in [0, 0.05) is 45.7 Å². The quantitative estimate of drug-likeness (QED) is 0.394. The lowest BCUT2D eigenvalue weighted by atomic mass is 10.2. The molecule has 1 aromatic rings. The monoisotopic (exact) mass is 379 g/mol. The number of carbonyl (C=O) groups is 2. The molecule has 8 heteroatoms. The van der Waals surface area contributed by atoms with Crippen LogP contribution >= 0.6 is 11.6 Å². The van der Waals surface area contributed by atoms with Crippen molar-refractivity contribution in [1.82, 2.24) is 20.9 Å². The van der Waals surface area contributed by atoms with Crippen LogP contribution in [0.4, 0.5) is 0 Å². The highest BCUT2D eigenvalue weighted by Gasteiger charge is 2.25. The third kappa shape index (κ3) is 5.62. The predicted molar refractivity (Wildman–Crippen MR) is 104 cm³/mol. The standard InChI is InChI=1S/C18H26ClN5O2/c1-3-16(25)24-11-8-13(12-24)23-18(20-2)22-10-9-21-17(26)14-6-4-5-7-15(14)19/h4-7,13H,3,8-12H2,1-2H3,(H,21,26)(H2,20,22,23). The Morgan fingerprint density at radius 2 is 2.00 bits per heavy atom. The number of likely N-dealkylation sites (tertiary alicyclic amines) is 1. The van der Waals surface area contributed by atoms with Crippen LogP contribution in [0.1, 0.15) is 30.1 Å². The minimum Gasteiger partial charge on any atom is -0.355 e. The number of hydrogen-bond donors (Lipinski definition) is 3. The second-order valence-electron chi connectivity index (χ2n) is 6.06. The van der Waals surface area contributed by atoms with Crippen molar-refractivity contribution >= 4 is 29.4 Å². The SMILES string of the molecule is CCC(=O)N1CCC(NC(=NC)NCCNC(=O)c2ccccc2Cl)C1. The van der Waals surface area contributed by atoms with Crippen LogP contribution in [0.2, 0.25) is 5.02 Å². The molecule has 142 valence electrons. The number of hydrogen-bond acceptors (Lipinski definition) is 3. The van der Waals surface area contributed by atoms with Crippen molar-refractivity contribution < 1.29 is 9.59 Å². The summed E-state index contributed by atoms with van der Waals surface area (Å²) in [6.07, 6.45) is 1.43. The summed E-state index contributed by atoms with van der Waals surface area (Å²) in [5, 5.41) is 9.73. The summed E-state index contributed by atoms with van der Waals surface area (Å²) in [7, 11) is 1.70. The summed E-state index contributed by atoms with van der Waals surface area (Å²) in [5.74, 6) is 0.636. The second kappa shape index (κ2) is 10.0. The summed E-state index contributed by atoms with van der Waals surface area (Å²) in [6, 6.07) is 7.13. The van der Waals surface area contributed by atoms with Crippen molar-refractivity contribution in [2.24, 2.45) is 4.99 Å². The predicted octanol–water partition coefficient (Wildman–Crippen LogP) is 1.25. The first-order valence-corrected chi connectivity index (χ1v) is 9.20. The van der Waals surface area contributed by atoms with E-state index in [1.54, 1.807) is 31.3 Å². The van der Waals surface area contributed by atoms with Crippen molar-refractivity contribution in [2.75, 3.05) is 33.2 Å². The van der Waals surface area contributed by atoms with Crippen LogP contribution in [-0.2, 0) is 4.79 Å². The number of carbonyl (C=O) groups excluding carboxylic acids is 2. The summed E-state index contributed by atoms with van der Waals surface area (Å²) in [4.78, 5) is 29.9. The molecule has 2 rings (SSSR count). The van der Waals surface area contributed by atoms with Gasteiger partial charge in [-0.1, -0.05) is 30.7 Å². The highest BCUT2D eigenvalue weighted by molar-refractivity contribution is 6.33. The van der Waals surface area contributed by atoms with Crippen LogP contribution < -0.4 is 16.0 Å². The van der Waals surface area contributed by atoms with Gasteiger partial charge in [0.2, 0.25) is 5.91 Å². The third-order valence-electron chi connectivity index (χ3n) is 4.23. The summed E-state index contributed by atoms with van der Waals surface area (Å²) in [5.41, 5.74) is 0.461. The Bertz CT molecular complexity index is 665. The van der Waals surface area contributed by atoms with Crippen LogP contribution in [0.25, 0.3) is 0 Å². The van der Waals surface area contributed by atoms with Crippen LogP contribution in [-0.4, -0.2) is 61.9 Å². The Morgan fingerprint density at radius 3 is 2.69 bits per heavy atom. The molecule has 0 aliphatic carbocycles. The maximum absolute atomic E-state index is 12.1. The fraction of sp³-hybridized carbons (Fsp3) is 0.500. The fourth-order valence-electron chi connectivity index (χ4n) is 2.81. The lowest BCUT2D eigenvalue weighted by Crippen LogP contribution is -2.46. The molecule has 0 spiro atoms. The summed E-state index contributed by atoms with van der Waals surface area (Å²) < 4.78 is 0. The number of nitrogens with one attached hydrogen (secondary N) is 3. The van der Waals surface area contributed by atoms with E-state index in [0.29, 0.717) is 42.6 Å². The maximum atomic E-state index is 12.1. The number of nitrogens with zero attached hydrogens (tertiary/aromatic N) is 2. The van der Waals surface area contributed by atoms with E-state index in [0.717, 1.165) is 13.0 Å². The lowest BCUT2D eigenvalue weighted by Gasteiger charge is -2.18. The third-order valence-corrected chi connectivity index (χ3v) is 4.56.